The number of benzene rings is 2. The summed E-state index contributed by atoms with van der Waals surface area (Å²) in [5, 5.41) is 39.8. The molecule has 0 unspecified atom stereocenters. The predicted molar refractivity (Wildman–Crippen MR) is 125 cm³/mol. The van der Waals surface area contributed by atoms with Crippen LogP contribution in [0.3, 0.4) is 0 Å². The van der Waals surface area contributed by atoms with Gasteiger partial charge < -0.3 is 15.0 Å². The van der Waals surface area contributed by atoms with Crippen molar-refractivity contribution in [3.63, 3.8) is 0 Å². The van der Waals surface area contributed by atoms with Gasteiger partial charge in [0, 0.05) is 30.9 Å². The van der Waals surface area contributed by atoms with Crippen molar-refractivity contribution in [3.8, 4) is 12.1 Å². The zero-order chi connectivity index (χ0) is 24.8. The molecule has 2 aromatic carbocycles. The summed E-state index contributed by atoms with van der Waals surface area (Å²) in [6, 6.07) is 14.8. The number of hydrogen-bond acceptors (Lipinski definition) is 9. The van der Waals surface area contributed by atoms with Crippen LogP contribution in [0.15, 0.2) is 52.7 Å². The van der Waals surface area contributed by atoms with E-state index in [0.717, 1.165) is 24.6 Å². The number of anilines is 1. The van der Waals surface area contributed by atoms with Gasteiger partial charge in [0.15, 0.2) is 0 Å². The third kappa shape index (κ3) is 8.20. The Kier molecular flexibility index (Phi) is 10.5. The standard InChI is InChI=1S/C23H25N7O4/c1-2-3-12-26-23(31)34-15-14-29(13-4-11-24)20-7-5-19(6-8-20)27-28-22-10-9-21(30(32)33)16-18(22)17-25/h5-10,16H,2-4,12-15H2,1H3,(H,26,31)/b28-27+. The Bertz CT molecular complexity index is 1090. The molecule has 11 heteroatoms. The van der Waals surface area contributed by atoms with Gasteiger partial charge in [-0.1, -0.05) is 13.3 Å². The zero-order valence-corrected chi connectivity index (χ0v) is 18.8. The molecule has 11 nitrogen and oxygen atoms in total. The molecule has 0 fully saturated rings. The number of nitrogens with one attached hydrogen (secondary N) is 1. The fourth-order valence-electron chi connectivity index (χ4n) is 2.88. The molecule has 1 N–H and O–H groups in total. The van der Waals surface area contributed by atoms with Gasteiger partial charge in [0.25, 0.3) is 5.69 Å². The van der Waals surface area contributed by atoms with Gasteiger partial charge in [-0.25, -0.2) is 4.79 Å². The van der Waals surface area contributed by atoms with Crippen molar-refractivity contribution in [2.75, 3.05) is 31.1 Å². The summed E-state index contributed by atoms with van der Waals surface area (Å²) >= 11 is 0. The molecule has 0 atom stereocenters. The van der Waals surface area contributed by atoms with E-state index in [0.29, 0.717) is 31.7 Å². The third-order valence-electron chi connectivity index (χ3n) is 4.69. The molecule has 0 spiro atoms. The SMILES string of the molecule is CCCCNC(=O)OCCN(CCC#N)c1ccc(/N=N/c2ccc([N+](=O)[O-])cc2C#N)cc1. The topological polar surface area (TPSA) is 157 Å². The van der Waals surface area contributed by atoms with Crippen molar-refractivity contribution in [2.24, 2.45) is 10.2 Å². The van der Waals surface area contributed by atoms with Crippen LogP contribution in [0.4, 0.5) is 27.5 Å². The number of alkyl carbamates (subject to hydrolysis) is 1. The lowest BCUT2D eigenvalue weighted by atomic mass is 10.2. The lowest BCUT2D eigenvalue weighted by Crippen LogP contribution is -2.32. The number of amides is 1. The Labute approximate surface area is 197 Å². The van der Waals surface area contributed by atoms with Gasteiger partial charge in [-0.15, -0.1) is 5.11 Å². The second kappa shape index (κ2) is 13.8. The van der Waals surface area contributed by atoms with Gasteiger partial charge in [0.05, 0.1) is 35.2 Å². The summed E-state index contributed by atoms with van der Waals surface area (Å²) in [7, 11) is 0. The number of nitro groups is 1. The molecule has 0 bridgehead atoms. The van der Waals surface area contributed by atoms with Crippen LogP contribution in [0, 0.1) is 32.8 Å². The van der Waals surface area contributed by atoms with Gasteiger partial charge in [-0.2, -0.15) is 15.6 Å². The maximum absolute atomic E-state index is 11.7. The third-order valence-corrected chi connectivity index (χ3v) is 4.69. The first-order valence-corrected chi connectivity index (χ1v) is 10.7. The summed E-state index contributed by atoms with van der Waals surface area (Å²) in [6.45, 7) is 3.65. The monoisotopic (exact) mass is 463 g/mol. The van der Waals surface area contributed by atoms with E-state index in [1.807, 2.05) is 17.9 Å². The van der Waals surface area contributed by atoms with E-state index in [1.165, 1.54) is 12.1 Å². The minimum atomic E-state index is -0.581. The van der Waals surface area contributed by atoms with Crippen molar-refractivity contribution in [2.45, 2.75) is 26.2 Å². The molecule has 0 saturated heterocycles. The van der Waals surface area contributed by atoms with Gasteiger partial charge in [0.2, 0.25) is 0 Å². The van der Waals surface area contributed by atoms with E-state index in [9.17, 15) is 20.2 Å². The van der Waals surface area contributed by atoms with Crippen molar-refractivity contribution >= 4 is 28.8 Å². The summed E-state index contributed by atoms with van der Waals surface area (Å²) < 4.78 is 5.20. The molecule has 0 aromatic heterocycles. The number of carbonyl (C=O) groups is 1. The van der Waals surface area contributed by atoms with Gasteiger partial charge in [-0.05, 0) is 36.8 Å². The number of rotatable bonds is 12. The molecule has 0 aliphatic rings. The first-order valence-electron chi connectivity index (χ1n) is 10.7. The number of non-ortho nitro benzene ring substituents is 1. The number of nitro benzene ring substituents is 1. The molecule has 0 heterocycles. The smallest absolute Gasteiger partial charge is 0.407 e. The number of unbranched alkanes of at least 4 members (excludes halogenated alkanes) is 1. The highest BCUT2D eigenvalue weighted by Crippen LogP contribution is 2.27. The van der Waals surface area contributed by atoms with E-state index in [-0.39, 0.29) is 23.5 Å². The fourth-order valence-corrected chi connectivity index (χ4v) is 2.88. The minimum absolute atomic E-state index is 0.0518. The van der Waals surface area contributed by atoms with Crippen LogP contribution in [0.2, 0.25) is 0 Å². The van der Waals surface area contributed by atoms with E-state index < -0.39 is 11.0 Å². The number of carbonyl (C=O) groups excluding carboxylic acids is 1. The Morgan fingerprint density at radius 2 is 1.94 bits per heavy atom. The molecule has 0 saturated carbocycles. The van der Waals surface area contributed by atoms with E-state index in [2.05, 4.69) is 21.6 Å². The normalized spacial score (nSPS) is 10.3. The first-order chi connectivity index (χ1) is 16.5. The van der Waals surface area contributed by atoms with Crippen LogP contribution in [0.1, 0.15) is 31.7 Å². The number of hydrogen-bond donors (Lipinski definition) is 1. The first kappa shape index (κ1) is 25.7. The van der Waals surface area contributed by atoms with E-state index >= 15 is 0 Å². The van der Waals surface area contributed by atoms with Crippen molar-refractivity contribution in [3.05, 3.63) is 58.1 Å². The second-order valence-corrected chi connectivity index (χ2v) is 7.10. The largest absolute Gasteiger partial charge is 0.448 e. The Morgan fingerprint density at radius 3 is 2.59 bits per heavy atom. The second-order valence-electron chi connectivity index (χ2n) is 7.10. The zero-order valence-electron chi connectivity index (χ0n) is 18.8. The summed E-state index contributed by atoms with van der Waals surface area (Å²) in [4.78, 5) is 23.9. The average Bonchev–Trinajstić information content (AvgIpc) is 2.85. The average molecular weight is 463 g/mol. The highest BCUT2D eigenvalue weighted by atomic mass is 16.6. The highest BCUT2D eigenvalue weighted by Gasteiger charge is 2.11. The molecular weight excluding hydrogens is 438 g/mol. The van der Waals surface area contributed by atoms with Gasteiger partial charge in [-0.3, -0.25) is 10.1 Å². The predicted octanol–water partition coefficient (Wildman–Crippen LogP) is 5.13. The summed E-state index contributed by atoms with van der Waals surface area (Å²) in [5.74, 6) is 0. The highest BCUT2D eigenvalue weighted by molar-refractivity contribution is 5.67. The Balaban J connectivity index is 2.03. The quantitative estimate of drug-likeness (QED) is 0.198. The lowest BCUT2D eigenvalue weighted by Gasteiger charge is -2.23. The molecule has 0 aliphatic carbocycles. The van der Waals surface area contributed by atoms with Crippen LogP contribution in [0.5, 0.6) is 0 Å². The molecule has 1 amide bonds. The number of azo groups is 1. The Hall–Kier alpha value is -4.51. The van der Waals surface area contributed by atoms with Crippen LogP contribution < -0.4 is 10.2 Å². The Morgan fingerprint density at radius 1 is 1.18 bits per heavy atom. The van der Waals surface area contributed by atoms with Crippen molar-refractivity contribution < 1.29 is 14.5 Å². The van der Waals surface area contributed by atoms with E-state index in [1.54, 1.807) is 24.3 Å². The lowest BCUT2D eigenvalue weighted by molar-refractivity contribution is -0.384. The summed E-state index contributed by atoms with van der Waals surface area (Å²) in [5.41, 5.74) is 1.41. The fraction of sp³-hybridized carbons (Fsp3) is 0.348. The van der Waals surface area contributed by atoms with Crippen molar-refractivity contribution in [1.82, 2.24) is 5.32 Å². The summed E-state index contributed by atoms with van der Waals surface area (Å²) in [6.07, 6.45) is 1.70. The number of ether oxygens (including phenoxy) is 1. The maximum atomic E-state index is 11.7. The number of nitrogens with zero attached hydrogens (tertiary/aromatic N) is 6. The maximum Gasteiger partial charge on any atom is 0.407 e. The van der Waals surface area contributed by atoms with Crippen molar-refractivity contribution in [1.29, 1.82) is 10.5 Å². The van der Waals surface area contributed by atoms with Gasteiger partial charge in [0.1, 0.15) is 18.4 Å². The molecule has 176 valence electrons. The molecule has 2 rings (SSSR count). The molecule has 2 aromatic rings. The van der Waals surface area contributed by atoms with Crippen LogP contribution in [-0.2, 0) is 4.74 Å². The molecule has 0 radical (unpaired) electrons. The minimum Gasteiger partial charge on any atom is -0.448 e. The molecule has 34 heavy (non-hydrogen) atoms. The molecular formula is C23H25N7O4. The van der Waals surface area contributed by atoms with Gasteiger partial charge >= 0.3 is 6.09 Å². The van der Waals surface area contributed by atoms with Crippen LogP contribution >= 0.6 is 0 Å². The van der Waals surface area contributed by atoms with Crippen LogP contribution in [0.25, 0.3) is 0 Å². The van der Waals surface area contributed by atoms with E-state index in [4.69, 9.17) is 10.00 Å². The van der Waals surface area contributed by atoms with Crippen LogP contribution in [-0.4, -0.2) is 37.3 Å². The number of nitriles is 2. The molecule has 0 aliphatic heterocycles.